The molecule has 2 amide bonds. The lowest BCUT2D eigenvalue weighted by molar-refractivity contribution is -0.121. The summed E-state index contributed by atoms with van der Waals surface area (Å²) in [7, 11) is 1.74. The molecule has 0 spiro atoms. The Bertz CT molecular complexity index is 299. The number of carbonyl (C=O) groups is 2. The van der Waals surface area contributed by atoms with Crippen LogP contribution in [0.2, 0.25) is 0 Å². The van der Waals surface area contributed by atoms with Crippen LogP contribution in [0.25, 0.3) is 0 Å². The summed E-state index contributed by atoms with van der Waals surface area (Å²) in [5.74, 6) is 0.249. The average Bonchev–Trinajstić information content (AvgIpc) is 2.40. The Labute approximate surface area is 119 Å². The summed E-state index contributed by atoms with van der Waals surface area (Å²) < 4.78 is 5.65. The van der Waals surface area contributed by atoms with Gasteiger partial charge in [0.05, 0.1) is 12.7 Å². The second kappa shape index (κ2) is 10.8. The highest BCUT2D eigenvalue weighted by molar-refractivity contribution is 7.80. The van der Waals surface area contributed by atoms with Crippen LogP contribution in [0.15, 0.2) is 12.3 Å². The van der Waals surface area contributed by atoms with Crippen molar-refractivity contribution in [2.75, 3.05) is 19.4 Å². The molecule has 0 aromatic heterocycles. The number of hydrogen-bond acceptors (Lipinski definition) is 6. The molecule has 2 unspecified atom stereocenters. The number of aliphatic hydroxyl groups is 1. The molecule has 0 aromatic carbocycles. The Morgan fingerprint density at radius 2 is 2.26 bits per heavy atom. The van der Waals surface area contributed by atoms with Crippen molar-refractivity contribution < 1.29 is 19.4 Å². The third-order valence-electron chi connectivity index (χ3n) is 2.51. The minimum absolute atomic E-state index is 0.0543. The van der Waals surface area contributed by atoms with Crippen molar-refractivity contribution in [3.63, 3.8) is 0 Å². The van der Waals surface area contributed by atoms with Crippen LogP contribution in [-0.2, 0) is 14.3 Å². The monoisotopic (exact) mass is 290 g/mol. The highest BCUT2D eigenvalue weighted by atomic mass is 32.1. The lowest BCUT2D eigenvalue weighted by Gasteiger charge is -2.27. The van der Waals surface area contributed by atoms with E-state index >= 15 is 0 Å². The molecule has 0 radical (unpaired) electrons. The zero-order valence-corrected chi connectivity index (χ0v) is 12.2. The molecule has 0 aliphatic carbocycles. The minimum Gasteiger partial charge on any atom is -0.394 e. The normalized spacial score (nSPS) is 14.1. The first-order valence-corrected chi connectivity index (χ1v) is 6.69. The quantitative estimate of drug-likeness (QED) is 0.231. The topological polar surface area (TPSA) is 78.9 Å². The Balaban J connectivity index is 4.19. The maximum Gasteiger partial charge on any atom is 0.251 e. The van der Waals surface area contributed by atoms with Gasteiger partial charge in [-0.25, -0.2) is 0 Å². The molecule has 110 valence electrons. The molecule has 0 aliphatic rings. The maximum atomic E-state index is 11.0. The molecule has 7 heteroatoms. The first-order chi connectivity index (χ1) is 9.04. The number of imide groups is 1. The summed E-state index contributed by atoms with van der Waals surface area (Å²) in [6.45, 7) is 1.76. The number of thiol groups is 1. The number of ether oxygens (including phenoxy) is 1. The number of nitrogens with zero attached hydrogens (tertiary/aromatic N) is 1. The van der Waals surface area contributed by atoms with Crippen molar-refractivity contribution in [3.8, 4) is 0 Å². The molecule has 0 rings (SSSR count). The second-order valence-corrected chi connectivity index (χ2v) is 4.46. The van der Waals surface area contributed by atoms with Crippen molar-refractivity contribution in [2.24, 2.45) is 0 Å². The summed E-state index contributed by atoms with van der Waals surface area (Å²) in [6, 6.07) is 0. The van der Waals surface area contributed by atoms with E-state index in [1.54, 1.807) is 11.9 Å². The van der Waals surface area contributed by atoms with E-state index < -0.39 is 5.91 Å². The second-order valence-electron chi connectivity index (χ2n) is 4.01. The van der Waals surface area contributed by atoms with E-state index in [4.69, 9.17) is 4.74 Å². The van der Waals surface area contributed by atoms with Gasteiger partial charge in [-0.15, -0.1) is 0 Å². The third kappa shape index (κ3) is 8.63. The molecule has 0 saturated heterocycles. The highest BCUT2D eigenvalue weighted by Gasteiger charge is 2.14. The zero-order valence-electron chi connectivity index (χ0n) is 11.3. The van der Waals surface area contributed by atoms with E-state index in [1.165, 1.54) is 12.3 Å². The summed E-state index contributed by atoms with van der Waals surface area (Å²) in [6.07, 6.45) is 4.12. The number of nitrogens with one attached hydrogen (secondary N) is 1. The molecule has 0 fully saturated rings. The number of hydrogen-bond donors (Lipinski definition) is 3. The molecular weight excluding hydrogens is 268 g/mol. The summed E-state index contributed by atoms with van der Waals surface area (Å²) in [5, 5.41) is 11.2. The van der Waals surface area contributed by atoms with Gasteiger partial charge in [0.25, 0.3) is 5.91 Å². The van der Waals surface area contributed by atoms with Crippen LogP contribution < -0.4 is 5.32 Å². The molecule has 0 aromatic rings. The molecule has 0 heterocycles. The van der Waals surface area contributed by atoms with E-state index in [0.29, 0.717) is 6.41 Å². The van der Waals surface area contributed by atoms with Gasteiger partial charge in [0, 0.05) is 19.3 Å². The first kappa shape index (κ1) is 17.9. The van der Waals surface area contributed by atoms with Crippen molar-refractivity contribution >= 4 is 24.9 Å². The van der Waals surface area contributed by atoms with E-state index in [9.17, 15) is 14.7 Å². The minimum atomic E-state index is -0.497. The van der Waals surface area contributed by atoms with Crippen LogP contribution in [0.1, 0.15) is 19.8 Å². The van der Waals surface area contributed by atoms with Gasteiger partial charge in [0.1, 0.15) is 6.23 Å². The predicted molar refractivity (Wildman–Crippen MR) is 75.6 cm³/mol. The van der Waals surface area contributed by atoms with Gasteiger partial charge < -0.3 is 14.7 Å². The molecule has 0 saturated carbocycles. The molecule has 0 bridgehead atoms. The Kier molecular flexibility index (Phi) is 10.2. The molecule has 2 N–H and O–H groups in total. The fraction of sp³-hybridized carbons (Fsp3) is 0.667. The van der Waals surface area contributed by atoms with E-state index in [1.807, 2.05) is 12.2 Å². The Morgan fingerprint density at radius 1 is 1.58 bits per heavy atom. The maximum absolute atomic E-state index is 11.0. The van der Waals surface area contributed by atoms with Gasteiger partial charge in [0.2, 0.25) is 6.41 Å². The van der Waals surface area contributed by atoms with E-state index in [2.05, 4.69) is 12.6 Å². The summed E-state index contributed by atoms with van der Waals surface area (Å²) in [4.78, 5) is 22.8. The summed E-state index contributed by atoms with van der Waals surface area (Å²) in [5.41, 5.74) is 0. The van der Waals surface area contributed by atoms with Crippen LogP contribution >= 0.6 is 12.6 Å². The Hall–Kier alpha value is -1.05. The lowest BCUT2D eigenvalue weighted by Crippen LogP contribution is -2.33. The van der Waals surface area contributed by atoms with Crippen LogP contribution in [0.4, 0.5) is 0 Å². The Morgan fingerprint density at radius 3 is 2.79 bits per heavy atom. The van der Waals surface area contributed by atoms with Crippen molar-refractivity contribution in [3.05, 3.63) is 12.3 Å². The molecule has 0 aliphatic heterocycles. The van der Waals surface area contributed by atoms with Crippen molar-refractivity contribution in [1.29, 1.82) is 0 Å². The molecule has 19 heavy (non-hydrogen) atoms. The number of aliphatic hydroxyl groups excluding tert-OH is 1. The number of carbonyl (C=O) groups excluding carboxylic acids is 2. The lowest BCUT2D eigenvalue weighted by atomic mass is 10.2. The number of amides is 2. The van der Waals surface area contributed by atoms with E-state index in [0.717, 1.165) is 18.6 Å². The van der Waals surface area contributed by atoms with Crippen LogP contribution in [0, 0.1) is 0 Å². The van der Waals surface area contributed by atoms with Gasteiger partial charge >= 0.3 is 0 Å². The van der Waals surface area contributed by atoms with Crippen molar-refractivity contribution in [2.45, 2.75) is 32.1 Å². The highest BCUT2D eigenvalue weighted by Crippen LogP contribution is 2.08. The molecule has 6 nitrogen and oxygen atoms in total. The smallest absolute Gasteiger partial charge is 0.251 e. The van der Waals surface area contributed by atoms with Gasteiger partial charge in [-0.2, -0.15) is 12.6 Å². The van der Waals surface area contributed by atoms with Gasteiger partial charge in [0.15, 0.2) is 0 Å². The SMILES string of the molecule is CC(OC(CO)CCCS)N(C)/C=C\C(=O)NC=O. The first-order valence-electron chi connectivity index (χ1n) is 6.06. The predicted octanol–water partition coefficient (Wildman–Crippen LogP) is 0.138. The number of rotatable bonds is 10. The average molecular weight is 290 g/mol. The fourth-order valence-corrected chi connectivity index (χ4v) is 1.49. The standard InChI is InChI=1S/C12H22N2O4S/c1-10(18-11(8-15)4-3-7-19)14(2)6-5-12(17)13-9-16/h5-6,9-11,15,19H,3-4,7-8H2,1-2H3,(H,13,16,17)/b6-5-. The van der Waals surface area contributed by atoms with E-state index in [-0.39, 0.29) is 18.9 Å². The fourth-order valence-electron chi connectivity index (χ4n) is 1.31. The van der Waals surface area contributed by atoms with Crippen molar-refractivity contribution in [1.82, 2.24) is 10.2 Å². The van der Waals surface area contributed by atoms with Gasteiger partial charge in [-0.05, 0) is 25.5 Å². The molecular formula is C12H22N2O4S. The zero-order chi connectivity index (χ0) is 14.7. The van der Waals surface area contributed by atoms with Gasteiger partial charge in [-0.1, -0.05) is 0 Å². The third-order valence-corrected chi connectivity index (χ3v) is 2.83. The van der Waals surface area contributed by atoms with Gasteiger partial charge in [-0.3, -0.25) is 14.9 Å². The largest absolute Gasteiger partial charge is 0.394 e. The van der Waals surface area contributed by atoms with Crippen LogP contribution in [-0.4, -0.2) is 54.1 Å². The van der Waals surface area contributed by atoms with Crippen LogP contribution in [0.3, 0.4) is 0 Å². The molecule has 2 atom stereocenters. The van der Waals surface area contributed by atoms with Crippen LogP contribution in [0.5, 0.6) is 0 Å². The summed E-state index contributed by atoms with van der Waals surface area (Å²) >= 11 is 4.11.